The number of nitrogens with one attached hydrogen (secondary N) is 1. The van der Waals surface area contributed by atoms with Gasteiger partial charge < -0.3 is 32.1 Å². The van der Waals surface area contributed by atoms with E-state index in [4.69, 9.17) is 26.8 Å². The number of aliphatic carboxylic acids is 2. The van der Waals surface area contributed by atoms with E-state index in [0.717, 1.165) is 0 Å². The Hall–Kier alpha value is -2.20. The first-order valence-electron chi connectivity index (χ1n) is 5.11. The Bertz CT molecular complexity index is 381. The molecule has 19 heavy (non-hydrogen) atoms. The van der Waals surface area contributed by atoms with Crippen LogP contribution in [0.25, 0.3) is 0 Å². The third kappa shape index (κ3) is 4.19. The van der Waals surface area contributed by atoms with Gasteiger partial charge in [0.15, 0.2) is 0 Å². The fourth-order valence-electron chi connectivity index (χ4n) is 1.19. The molecule has 0 aromatic rings. The number of carboxylic acids is 2. The average Bonchev–Trinajstić information content (AvgIpc) is 2.31. The standard InChI is InChI=1S/C9H15N3O7/c10-4(3-13)6(16)12-9(7(11)17,8(18)19)2-1-5(14)15/h4,13H,1-3,10H2,(H2,11,17)(H,12,16)(H,14,15)(H,18,19)/t4-,9-/m0/s1. The Morgan fingerprint density at radius 1 is 1.21 bits per heavy atom. The number of carbonyl (C=O) groups excluding carboxylic acids is 2. The van der Waals surface area contributed by atoms with Crippen LogP contribution < -0.4 is 16.8 Å². The molecule has 108 valence electrons. The number of carboxylic acid groups (broad SMARTS) is 2. The molecule has 10 heteroatoms. The lowest BCUT2D eigenvalue weighted by Crippen LogP contribution is -2.65. The van der Waals surface area contributed by atoms with Gasteiger partial charge in [-0.1, -0.05) is 0 Å². The first-order chi connectivity index (χ1) is 8.67. The fraction of sp³-hybridized carbons (Fsp3) is 0.556. The SMILES string of the molecule is NC(=O)[C@](CCC(=O)O)(NC(=O)[C@@H](N)CO)C(=O)O. The van der Waals surface area contributed by atoms with Crippen molar-refractivity contribution in [1.82, 2.24) is 5.32 Å². The van der Waals surface area contributed by atoms with E-state index in [0.29, 0.717) is 0 Å². The molecule has 0 fully saturated rings. The van der Waals surface area contributed by atoms with Gasteiger partial charge in [0.05, 0.1) is 6.61 Å². The van der Waals surface area contributed by atoms with E-state index in [2.05, 4.69) is 0 Å². The molecule has 0 aromatic heterocycles. The van der Waals surface area contributed by atoms with Crippen LogP contribution in [0, 0.1) is 0 Å². The predicted octanol–water partition coefficient (Wildman–Crippen LogP) is -3.40. The number of primary amides is 1. The summed E-state index contributed by atoms with van der Waals surface area (Å²) >= 11 is 0. The number of nitrogens with two attached hydrogens (primary N) is 2. The van der Waals surface area contributed by atoms with E-state index < -0.39 is 54.8 Å². The lowest BCUT2D eigenvalue weighted by molar-refractivity contribution is -0.154. The monoisotopic (exact) mass is 277 g/mol. The van der Waals surface area contributed by atoms with E-state index in [-0.39, 0.29) is 0 Å². The summed E-state index contributed by atoms with van der Waals surface area (Å²) in [6.45, 7) is -0.779. The number of aliphatic hydroxyl groups excluding tert-OH is 1. The van der Waals surface area contributed by atoms with Crippen LogP contribution in [0.15, 0.2) is 0 Å². The summed E-state index contributed by atoms with van der Waals surface area (Å²) in [4.78, 5) is 44.2. The van der Waals surface area contributed by atoms with Crippen molar-refractivity contribution >= 4 is 23.8 Å². The minimum Gasteiger partial charge on any atom is -0.481 e. The molecule has 0 aliphatic rings. The zero-order valence-corrected chi connectivity index (χ0v) is 9.83. The van der Waals surface area contributed by atoms with E-state index in [1.54, 1.807) is 5.32 Å². The second-order valence-corrected chi connectivity index (χ2v) is 3.75. The van der Waals surface area contributed by atoms with Gasteiger partial charge in [-0.25, -0.2) is 4.79 Å². The van der Waals surface area contributed by atoms with Gasteiger partial charge in [-0.05, 0) is 0 Å². The third-order valence-corrected chi connectivity index (χ3v) is 2.37. The van der Waals surface area contributed by atoms with Gasteiger partial charge in [0, 0.05) is 12.8 Å². The van der Waals surface area contributed by atoms with Crippen molar-refractivity contribution < 1.29 is 34.5 Å². The van der Waals surface area contributed by atoms with E-state index in [9.17, 15) is 19.2 Å². The minimum atomic E-state index is -2.58. The summed E-state index contributed by atoms with van der Waals surface area (Å²) in [7, 11) is 0. The highest BCUT2D eigenvalue weighted by atomic mass is 16.4. The van der Waals surface area contributed by atoms with Crippen molar-refractivity contribution in [3.63, 3.8) is 0 Å². The molecule has 10 nitrogen and oxygen atoms in total. The van der Waals surface area contributed by atoms with Gasteiger partial charge >= 0.3 is 11.9 Å². The van der Waals surface area contributed by atoms with Gasteiger partial charge in [-0.2, -0.15) is 0 Å². The maximum atomic E-state index is 11.4. The largest absolute Gasteiger partial charge is 0.481 e. The van der Waals surface area contributed by atoms with Gasteiger partial charge in [-0.15, -0.1) is 0 Å². The molecule has 0 aromatic carbocycles. The Balaban J connectivity index is 5.24. The third-order valence-electron chi connectivity index (χ3n) is 2.37. The number of hydrogen-bond acceptors (Lipinski definition) is 6. The van der Waals surface area contributed by atoms with Gasteiger partial charge in [0.25, 0.3) is 5.91 Å². The predicted molar refractivity (Wildman–Crippen MR) is 59.6 cm³/mol. The van der Waals surface area contributed by atoms with Crippen molar-refractivity contribution in [2.24, 2.45) is 11.5 Å². The maximum absolute atomic E-state index is 11.4. The molecule has 2 atom stereocenters. The summed E-state index contributed by atoms with van der Waals surface area (Å²) in [5.74, 6) is -5.74. The Morgan fingerprint density at radius 3 is 2.05 bits per heavy atom. The minimum absolute atomic E-state index is 0.704. The van der Waals surface area contributed by atoms with Crippen molar-refractivity contribution in [2.45, 2.75) is 24.4 Å². The lowest BCUT2D eigenvalue weighted by atomic mass is 9.92. The van der Waals surface area contributed by atoms with Crippen molar-refractivity contribution in [3.05, 3.63) is 0 Å². The summed E-state index contributed by atoms with van der Waals surface area (Å²) in [5.41, 5.74) is 7.49. The van der Waals surface area contributed by atoms with Crippen LogP contribution in [0.2, 0.25) is 0 Å². The molecular weight excluding hydrogens is 262 g/mol. The first-order valence-corrected chi connectivity index (χ1v) is 5.11. The van der Waals surface area contributed by atoms with E-state index >= 15 is 0 Å². The molecule has 0 radical (unpaired) electrons. The highest BCUT2D eigenvalue weighted by Crippen LogP contribution is 2.14. The van der Waals surface area contributed by atoms with Crippen molar-refractivity contribution in [2.75, 3.05) is 6.61 Å². The molecule has 0 saturated carbocycles. The zero-order chi connectivity index (χ0) is 15.2. The van der Waals surface area contributed by atoms with Crippen LogP contribution in [-0.4, -0.2) is 57.3 Å². The quantitative estimate of drug-likeness (QED) is 0.247. The maximum Gasteiger partial charge on any atom is 0.339 e. The van der Waals surface area contributed by atoms with E-state index in [1.165, 1.54) is 0 Å². The fourth-order valence-corrected chi connectivity index (χ4v) is 1.19. The number of rotatable bonds is 8. The highest BCUT2D eigenvalue weighted by Gasteiger charge is 2.47. The van der Waals surface area contributed by atoms with Crippen LogP contribution in [0.1, 0.15) is 12.8 Å². The van der Waals surface area contributed by atoms with Crippen molar-refractivity contribution in [3.8, 4) is 0 Å². The number of hydrogen-bond donors (Lipinski definition) is 6. The molecule has 0 aliphatic carbocycles. The molecule has 0 aliphatic heterocycles. The van der Waals surface area contributed by atoms with Gasteiger partial charge in [0.2, 0.25) is 11.4 Å². The molecule has 0 saturated heterocycles. The molecule has 0 rings (SSSR count). The Labute approximate surface area is 107 Å². The molecule has 0 heterocycles. The molecule has 0 bridgehead atoms. The average molecular weight is 277 g/mol. The lowest BCUT2D eigenvalue weighted by Gasteiger charge is -2.27. The van der Waals surface area contributed by atoms with Gasteiger partial charge in [-0.3, -0.25) is 14.4 Å². The zero-order valence-electron chi connectivity index (χ0n) is 9.83. The Kier molecular flexibility index (Phi) is 5.89. The summed E-state index contributed by atoms with van der Waals surface area (Å²) in [6.07, 6.45) is -1.44. The van der Waals surface area contributed by atoms with Crippen LogP contribution in [0.5, 0.6) is 0 Å². The molecule has 0 unspecified atom stereocenters. The smallest absolute Gasteiger partial charge is 0.339 e. The molecular formula is C9H15N3O7. The van der Waals surface area contributed by atoms with Crippen molar-refractivity contribution in [1.29, 1.82) is 0 Å². The second kappa shape index (κ2) is 6.66. The number of aliphatic hydroxyl groups is 1. The normalized spacial score (nSPS) is 15.1. The topological polar surface area (TPSA) is 193 Å². The summed E-state index contributed by atoms with van der Waals surface area (Å²) in [5, 5.41) is 27.9. The van der Waals surface area contributed by atoms with Crippen LogP contribution in [-0.2, 0) is 19.2 Å². The second-order valence-electron chi connectivity index (χ2n) is 3.75. The van der Waals surface area contributed by atoms with Crippen LogP contribution >= 0.6 is 0 Å². The van der Waals surface area contributed by atoms with Crippen LogP contribution in [0.3, 0.4) is 0 Å². The molecule has 2 amide bonds. The number of carbonyl (C=O) groups is 4. The van der Waals surface area contributed by atoms with Gasteiger partial charge in [0.1, 0.15) is 6.04 Å². The molecule has 8 N–H and O–H groups in total. The van der Waals surface area contributed by atoms with Crippen LogP contribution in [0.4, 0.5) is 0 Å². The Morgan fingerprint density at radius 2 is 1.74 bits per heavy atom. The molecule has 0 spiro atoms. The highest BCUT2D eigenvalue weighted by molar-refractivity contribution is 6.09. The number of amides is 2. The summed E-state index contributed by atoms with van der Waals surface area (Å²) < 4.78 is 0. The van der Waals surface area contributed by atoms with E-state index in [1.807, 2.05) is 0 Å². The first kappa shape index (κ1) is 16.8. The summed E-state index contributed by atoms with van der Waals surface area (Å²) in [6, 6.07) is -1.46.